The lowest BCUT2D eigenvalue weighted by Gasteiger charge is -2.21. The minimum absolute atomic E-state index is 0.133. The standard InChI is InChI=1S/C11H11N7O/c1-6-9(13-16-11(19)12-6)7-2-4-8(5-3-7)10-14-17-18-15-10/h2-6H,1H3,(H2,12,16,19)(H,14,15,17,18). The first-order valence-corrected chi connectivity index (χ1v) is 5.72. The van der Waals surface area contributed by atoms with Crippen LogP contribution in [-0.2, 0) is 0 Å². The van der Waals surface area contributed by atoms with Gasteiger partial charge in [-0.3, -0.25) is 0 Å². The number of hydrogen-bond donors (Lipinski definition) is 3. The van der Waals surface area contributed by atoms with Crippen molar-refractivity contribution in [3.8, 4) is 11.4 Å². The maximum Gasteiger partial charge on any atom is 0.335 e. The van der Waals surface area contributed by atoms with E-state index in [4.69, 9.17) is 0 Å². The number of nitrogens with one attached hydrogen (secondary N) is 3. The van der Waals surface area contributed by atoms with Crippen LogP contribution in [0.5, 0.6) is 0 Å². The Morgan fingerprint density at radius 1 is 1.16 bits per heavy atom. The van der Waals surface area contributed by atoms with Crippen LogP contribution in [-0.4, -0.2) is 38.4 Å². The smallest absolute Gasteiger partial charge is 0.328 e. The minimum Gasteiger partial charge on any atom is -0.328 e. The molecule has 3 rings (SSSR count). The molecule has 0 saturated heterocycles. The zero-order valence-corrected chi connectivity index (χ0v) is 10.1. The molecule has 8 heteroatoms. The molecule has 1 aromatic heterocycles. The number of tetrazole rings is 1. The van der Waals surface area contributed by atoms with Crippen LogP contribution in [0.4, 0.5) is 4.79 Å². The van der Waals surface area contributed by atoms with Crippen molar-refractivity contribution in [1.29, 1.82) is 0 Å². The number of rotatable bonds is 2. The van der Waals surface area contributed by atoms with Gasteiger partial charge in [-0.15, -0.1) is 5.10 Å². The van der Waals surface area contributed by atoms with Crippen molar-refractivity contribution in [3.63, 3.8) is 0 Å². The number of benzene rings is 1. The molecule has 8 nitrogen and oxygen atoms in total. The van der Waals surface area contributed by atoms with Crippen LogP contribution < -0.4 is 10.7 Å². The second-order valence-electron chi connectivity index (χ2n) is 4.13. The summed E-state index contributed by atoms with van der Waals surface area (Å²) in [5.74, 6) is 0.608. The number of hydrogen-bond acceptors (Lipinski definition) is 5. The van der Waals surface area contributed by atoms with Crippen molar-refractivity contribution < 1.29 is 4.79 Å². The Hall–Kier alpha value is -2.77. The fourth-order valence-corrected chi connectivity index (χ4v) is 1.90. The molecule has 0 aliphatic carbocycles. The van der Waals surface area contributed by atoms with Crippen molar-refractivity contribution in [2.75, 3.05) is 0 Å². The van der Waals surface area contributed by atoms with Gasteiger partial charge in [0.1, 0.15) is 0 Å². The Kier molecular flexibility index (Phi) is 2.67. The molecule has 0 bridgehead atoms. The minimum atomic E-state index is -0.291. The molecule has 2 heterocycles. The number of H-pyrrole nitrogens is 1. The predicted octanol–water partition coefficient (Wildman–Crippen LogP) is 0.272. The second kappa shape index (κ2) is 4.48. The number of hydrazone groups is 1. The number of nitrogens with zero attached hydrogens (tertiary/aromatic N) is 4. The zero-order valence-electron chi connectivity index (χ0n) is 10.1. The number of carbonyl (C=O) groups excluding carboxylic acids is 1. The van der Waals surface area contributed by atoms with Gasteiger partial charge < -0.3 is 5.32 Å². The topological polar surface area (TPSA) is 108 Å². The van der Waals surface area contributed by atoms with Crippen molar-refractivity contribution >= 4 is 11.7 Å². The molecule has 1 aromatic carbocycles. The van der Waals surface area contributed by atoms with Crippen molar-refractivity contribution in [2.24, 2.45) is 5.10 Å². The molecule has 1 aliphatic heterocycles. The molecule has 1 aliphatic rings. The quantitative estimate of drug-likeness (QED) is 0.717. The van der Waals surface area contributed by atoms with Crippen LogP contribution in [0.25, 0.3) is 11.4 Å². The van der Waals surface area contributed by atoms with Crippen molar-refractivity contribution in [2.45, 2.75) is 13.0 Å². The highest BCUT2D eigenvalue weighted by Crippen LogP contribution is 2.15. The molecule has 19 heavy (non-hydrogen) atoms. The third kappa shape index (κ3) is 2.15. The Bertz CT molecular complexity index is 617. The summed E-state index contributed by atoms with van der Waals surface area (Å²) in [7, 11) is 0. The van der Waals surface area contributed by atoms with E-state index in [1.54, 1.807) is 0 Å². The van der Waals surface area contributed by atoms with E-state index in [9.17, 15) is 4.79 Å². The van der Waals surface area contributed by atoms with Crippen molar-refractivity contribution in [3.05, 3.63) is 29.8 Å². The molecule has 2 aromatic rings. The highest BCUT2D eigenvalue weighted by Gasteiger charge is 2.20. The lowest BCUT2D eigenvalue weighted by Crippen LogP contribution is -2.48. The van der Waals surface area contributed by atoms with Gasteiger partial charge in [0.15, 0.2) is 5.82 Å². The van der Waals surface area contributed by atoms with Crippen LogP contribution in [0.15, 0.2) is 29.4 Å². The molecule has 1 atom stereocenters. The van der Waals surface area contributed by atoms with Crippen LogP contribution in [0.1, 0.15) is 12.5 Å². The summed E-state index contributed by atoms with van der Waals surface area (Å²) in [4.78, 5) is 11.1. The van der Waals surface area contributed by atoms with E-state index in [0.29, 0.717) is 5.82 Å². The maximum absolute atomic E-state index is 11.1. The SMILES string of the molecule is CC1NC(=O)NN=C1c1ccc(-c2nnn[nH]2)cc1. The van der Waals surface area contributed by atoms with Crippen LogP contribution in [0.2, 0.25) is 0 Å². The third-order valence-corrected chi connectivity index (χ3v) is 2.84. The molecule has 0 radical (unpaired) electrons. The van der Waals surface area contributed by atoms with E-state index in [1.165, 1.54) is 0 Å². The second-order valence-corrected chi connectivity index (χ2v) is 4.13. The number of carbonyl (C=O) groups is 1. The van der Waals surface area contributed by atoms with Gasteiger partial charge in [-0.05, 0) is 22.9 Å². The Labute approximate surface area is 108 Å². The summed E-state index contributed by atoms with van der Waals surface area (Å²) in [6, 6.07) is 7.18. The number of aromatic amines is 1. The predicted molar refractivity (Wildman–Crippen MR) is 67.3 cm³/mol. The zero-order chi connectivity index (χ0) is 13.2. The average molecular weight is 257 g/mol. The first kappa shape index (κ1) is 11.3. The molecule has 0 spiro atoms. The summed E-state index contributed by atoms with van der Waals surface area (Å²) < 4.78 is 0. The van der Waals surface area contributed by atoms with E-state index in [0.717, 1.165) is 16.8 Å². The summed E-state index contributed by atoms with van der Waals surface area (Å²) in [6.07, 6.45) is 0. The number of urea groups is 1. The highest BCUT2D eigenvalue weighted by molar-refractivity contribution is 6.07. The summed E-state index contributed by atoms with van der Waals surface area (Å²) in [5.41, 5.74) is 4.99. The van der Waals surface area contributed by atoms with Gasteiger partial charge in [0.2, 0.25) is 0 Å². The van der Waals surface area contributed by atoms with Gasteiger partial charge in [0.05, 0.1) is 11.8 Å². The Balaban J connectivity index is 1.89. The lowest BCUT2D eigenvalue weighted by atomic mass is 10.0. The van der Waals surface area contributed by atoms with Gasteiger partial charge in [-0.2, -0.15) is 5.10 Å². The highest BCUT2D eigenvalue weighted by atomic mass is 16.2. The molecular formula is C11H11N7O. The molecule has 96 valence electrons. The molecule has 0 fully saturated rings. The molecule has 0 saturated carbocycles. The number of aromatic nitrogens is 4. The molecule has 1 unspecified atom stereocenters. The van der Waals surface area contributed by atoms with Gasteiger partial charge in [-0.25, -0.2) is 15.3 Å². The molecule has 3 N–H and O–H groups in total. The Morgan fingerprint density at radius 3 is 2.53 bits per heavy atom. The maximum atomic E-state index is 11.1. The van der Waals surface area contributed by atoms with Gasteiger partial charge in [0, 0.05) is 5.56 Å². The third-order valence-electron chi connectivity index (χ3n) is 2.84. The van der Waals surface area contributed by atoms with Crippen molar-refractivity contribution in [1.82, 2.24) is 31.4 Å². The molecule has 2 amide bonds. The summed E-state index contributed by atoms with van der Waals surface area (Å²) >= 11 is 0. The van der Waals surface area contributed by atoms with E-state index in [1.807, 2.05) is 31.2 Å². The fourth-order valence-electron chi connectivity index (χ4n) is 1.90. The van der Waals surface area contributed by atoms with E-state index < -0.39 is 0 Å². The summed E-state index contributed by atoms with van der Waals surface area (Å²) in [6.45, 7) is 1.88. The first-order chi connectivity index (χ1) is 9.24. The molecular weight excluding hydrogens is 246 g/mol. The lowest BCUT2D eigenvalue weighted by molar-refractivity contribution is 0.239. The average Bonchev–Trinajstić information content (AvgIpc) is 2.93. The van der Waals surface area contributed by atoms with Gasteiger partial charge >= 0.3 is 6.03 Å². The number of amides is 2. The monoisotopic (exact) mass is 257 g/mol. The Morgan fingerprint density at radius 2 is 1.89 bits per heavy atom. The first-order valence-electron chi connectivity index (χ1n) is 5.72. The van der Waals surface area contributed by atoms with E-state index >= 15 is 0 Å². The van der Waals surface area contributed by atoms with Crippen LogP contribution in [0, 0.1) is 0 Å². The van der Waals surface area contributed by atoms with Crippen LogP contribution in [0.3, 0.4) is 0 Å². The van der Waals surface area contributed by atoms with Crippen LogP contribution >= 0.6 is 0 Å². The normalized spacial score (nSPS) is 18.5. The van der Waals surface area contributed by atoms with E-state index in [2.05, 4.69) is 36.5 Å². The fraction of sp³-hybridized carbons (Fsp3) is 0.182. The van der Waals surface area contributed by atoms with Gasteiger partial charge in [-0.1, -0.05) is 24.3 Å². The van der Waals surface area contributed by atoms with Gasteiger partial charge in [0.25, 0.3) is 0 Å². The summed E-state index contributed by atoms with van der Waals surface area (Å²) in [5, 5.41) is 20.4. The van der Waals surface area contributed by atoms with E-state index in [-0.39, 0.29) is 12.1 Å². The largest absolute Gasteiger partial charge is 0.335 e.